The molecule has 4 rings (SSSR count). The Morgan fingerprint density at radius 2 is 2.00 bits per heavy atom. The standard InChI is InChI=1S/C22H23FN2O3/c1-26-20-9-8-15(12-21(20)27-2)19-7-4-10-25(19)13-18-14-28-22(24-18)16-5-3-6-17(23)11-16/h3,5-6,8-9,11-12,14,19H,4,7,10,13H2,1-2H3. The van der Waals surface area contributed by atoms with Crippen LogP contribution in [-0.2, 0) is 6.54 Å². The summed E-state index contributed by atoms with van der Waals surface area (Å²) in [5.41, 5.74) is 2.68. The Hall–Kier alpha value is -2.86. The molecule has 1 aliphatic heterocycles. The molecule has 0 amide bonds. The Bertz CT molecular complexity index is 956. The van der Waals surface area contributed by atoms with Crippen molar-refractivity contribution < 1.29 is 18.3 Å². The highest BCUT2D eigenvalue weighted by Gasteiger charge is 2.27. The summed E-state index contributed by atoms with van der Waals surface area (Å²) >= 11 is 0. The SMILES string of the molecule is COc1ccc(C2CCCN2Cc2coc(-c3cccc(F)c3)n2)cc1OC. The second kappa shape index (κ2) is 8.02. The van der Waals surface area contributed by atoms with Gasteiger partial charge in [0.1, 0.15) is 12.1 Å². The van der Waals surface area contributed by atoms with E-state index in [1.165, 1.54) is 17.7 Å². The van der Waals surface area contributed by atoms with Gasteiger partial charge in [0.25, 0.3) is 0 Å². The number of oxazole rings is 1. The van der Waals surface area contributed by atoms with Gasteiger partial charge in [0.2, 0.25) is 5.89 Å². The first-order valence-corrected chi connectivity index (χ1v) is 9.34. The molecule has 0 spiro atoms. The molecule has 5 nitrogen and oxygen atoms in total. The Kier molecular flexibility index (Phi) is 5.30. The molecule has 0 saturated carbocycles. The number of hydrogen-bond donors (Lipinski definition) is 0. The summed E-state index contributed by atoms with van der Waals surface area (Å²) in [6.45, 7) is 1.67. The van der Waals surface area contributed by atoms with E-state index in [2.05, 4.69) is 16.0 Å². The number of halogens is 1. The van der Waals surface area contributed by atoms with E-state index in [1.807, 2.05) is 12.1 Å². The second-order valence-electron chi connectivity index (χ2n) is 6.90. The average Bonchev–Trinajstić information content (AvgIpc) is 3.37. The van der Waals surface area contributed by atoms with Gasteiger partial charge in [0.15, 0.2) is 11.5 Å². The predicted molar refractivity (Wildman–Crippen MR) is 104 cm³/mol. The predicted octanol–water partition coefficient (Wildman–Crippen LogP) is 4.84. The normalized spacial score (nSPS) is 17.0. The molecule has 0 N–H and O–H groups in total. The summed E-state index contributed by atoms with van der Waals surface area (Å²) in [5.74, 6) is 1.61. The minimum absolute atomic E-state index is 0.286. The zero-order valence-electron chi connectivity index (χ0n) is 16.0. The molecule has 6 heteroatoms. The Morgan fingerprint density at radius 3 is 2.79 bits per heavy atom. The molecule has 2 aromatic carbocycles. The van der Waals surface area contributed by atoms with E-state index in [4.69, 9.17) is 13.9 Å². The van der Waals surface area contributed by atoms with Gasteiger partial charge in [-0.2, -0.15) is 0 Å². The van der Waals surface area contributed by atoms with Crippen LogP contribution in [0.15, 0.2) is 53.1 Å². The molecule has 146 valence electrons. The lowest BCUT2D eigenvalue weighted by atomic mass is 10.0. The maximum atomic E-state index is 13.4. The third kappa shape index (κ3) is 3.73. The van der Waals surface area contributed by atoms with Gasteiger partial charge in [-0.05, 0) is 55.3 Å². The lowest BCUT2D eigenvalue weighted by Gasteiger charge is -2.24. The first kappa shape index (κ1) is 18.5. The van der Waals surface area contributed by atoms with Gasteiger partial charge in [0, 0.05) is 18.2 Å². The molecule has 0 bridgehead atoms. The lowest BCUT2D eigenvalue weighted by Crippen LogP contribution is -2.23. The highest BCUT2D eigenvalue weighted by atomic mass is 19.1. The van der Waals surface area contributed by atoms with Crippen molar-refractivity contribution in [1.82, 2.24) is 9.88 Å². The van der Waals surface area contributed by atoms with Crippen molar-refractivity contribution in [2.45, 2.75) is 25.4 Å². The van der Waals surface area contributed by atoms with Crippen LogP contribution in [0.2, 0.25) is 0 Å². The smallest absolute Gasteiger partial charge is 0.226 e. The van der Waals surface area contributed by atoms with Crippen LogP contribution >= 0.6 is 0 Å². The number of methoxy groups -OCH3 is 2. The molecule has 2 heterocycles. The molecule has 1 unspecified atom stereocenters. The van der Waals surface area contributed by atoms with Crippen LogP contribution in [0.3, 0.4) is 0 Å². The number of nitrogens with zero attached hydrogens (tertiary/aromatic N) is 2. The topological polar surface area (TPSA) is 47.7 Å². The lowest BCUT2D eigenvalue weighted by molar-refractivity contribution is 0.244. The summed E-state index contributed by atoms with van der Waals surface area (Å²) in [4.78, 5) is 6.94. The van der Waals surface area contributed by atoms with E-state index in [1.54, 1.807) is 32.6 Å². The summed E-state index contributed by atoms with van der Waals surface area (Å²) in [6.07, 6.45) is 3.85. The van der Waals surface area contributed by atoms with Crippen LogP contribution in [-0.4, -0.2) is 30.6 Å². The molecule has 1 fully saturated rings. The van der Waals surface area contributed by atoms with Crippen LogP contribution < -0.4 is 9.47 Å². The second-order valence-corrected chi connectivity index (χ2v) is 6.90. The molecule has 0 radical (unpaired) electrons. The van der Waals surface area contributed by atoms with E-state index >= 15 is 0 Å². The van der Waals surface area contributed by atoms with Crippen molar-refractivity contribution in [1.29, 1.82) is 0 Å². The van der Waals surface area contributed by atoms with Crippen molar-refractivity contribution in [3.8, 4) is 23.0 Å². The van der Waals surface area contributed by atoms with E-state index in [0.29, 0.717) is 18.0 Å². The quantitative estimate of drug-likeness (QED) is 0.611. The zero-order chi connectivity index (χ0) is 19.5. The minimum atomic E-state index is -0.301. The average molecular weight is 382 g/mol. The van der Waals surface area contributed by atoms with Gasteiger partial charge < -0.3 is 13.9 Å². The van der Waals surface area contributed by atoms with Gasteiger partial charge in [-0.25, -0.2) is 9.37 Å². The molecular formula is C22H23FN2O3. The Balaban J connectivity index is 1.52. The highest BCUT2D eigenvalue weighted by molar-refractivity contribution is 5.53. The highest BCUT2D eigenvalue weighted by Crippen LogP contribution is 2.37. The van der Waals surface area contributed by atoms with Crippen LogP contribution in [0.5, 0.6) is 11.5 Å². The Morgan fingerprint density at radius 1 is 1.14 bits per heavy atom. The third-order valence-corrected chi connectivity index (χ3v) is 5.14. The number of likely N-dealkylation sites (tertiary alicyclic amines) is 1. The zero-order valence-corrected chi connectivity index (χ0v) is 16.0. The third-order valence-electron chi connectivity index (χ3n) is 5.14. The molecule has 1 aromatic heterocycles. The van der Waals surface area contributed by atoms with Crippen molar-refractivity contribution >= 4 is 0 Å². The van der Waals surface area contributed by atoms with Crippen molar-refractivity contribution in [3.63, 3.8) is 0 Å². The maximum Gasteiger partial charge on any atom is 0.226 e. The van der Waals surface area contributed by atoms with Gasteiger partial charge >= 0.3 is 0 Å². The molecule has 0 aliphatic carbocycles. The van der Waals surface area contributed by atoms with Gasteiger partial charge in [-0.3, -0.25) is 4.90 Å². The number of benzene rings is 2. The van der Waals surface area contributed by atoms with Crippen molar-refractivity contribution in [3.05, 3.63) is 65.8 Å². The monoisotopic (exact) mass is 382 g/mol. The molecule has 28 heavy (non-hydrogen) atoms. The summed E-state index contributed by atoms with van der Waals surface area (Å²) in [7, 11) is 3.29. The van der Waals surface area contributed by atoms with Crippen LogP contribution in [0, 0.1) is 5.82 Å². The fourth-order valence-electron chi connectivity index (χ4n) is 3.79. The van der Waals surface area contributed by atoms with E-state index in [9.17, 15) is 4.39 Å². The molecule has 1 saturated heterocycles. The van der Waals surface area contributed by atoms with Crippen LogP contribution in [0.1, 0.15) is 30.1 Å². The van der Waals surface area contributed by atoms with Crippen molar-refractivity contribution in [2.24, 2.45) is 0 Å². The fraction of sp³-hybridized carbons (Fsp3) is 0.318. The van der Waals surface area contributed by atoms with E-state index < -0.39 is 0 Å². The number of rotatable bonds is 6. The minimum Gasteiger partial charge on any atom is -0.493 e. The maximum absolute atomic E-state index is 13.4. The first-order valence-electron chi connectivity index (χ1n) is 9.34. The van der Waals surface area contributed by atoms with Crippen molar-refractivity contribution in [2.75, 3.05) is 20.8 Å². The van der Waals surface area contributed by atoms with Gasteiger partial charge in [-0.15, -0.1) is 0 Å². The van der Waals surface area contributed by atoms with Gasteiger partial charge in [0.05, 0.1) is 19.9 Å². The number of hydrogen-bond acceptors (Lipinski definition) is 5. The van der Waals surface area contributed by atoms with E-state index in [0.717, 1.165) is 36.6 Å². The van der Waals surface area contributed by atoms with Crippen LogP contribution in [0.4, 0.5) is 4.39 Å². The molecule has 3 aromatic rings. The molecular weight excluding hydrogens is 359 g/mol. The first-order chi connectivity index (χ1) is 13.7. The largest absolute Gasteiger partial charge is 0.493 e. The number of aromatic nitrogens is 1. The number of ether oxygens (including phenoxy) is 2. The van der Waals surface area contributed by atoms with Crippen LogP contribution in [0.25, 0.3) is 11.5 Å². The fourth-order valence-corrected chi connectivity index (χ4v) is 3.79. The summed E-state index contributed by atoms with van der Waals surface area (Å²) in [6, 6.07) is 12.7. The molecule has 1 aliphatic rings. The molecule has 1 atom stereocenters. The summed E-state index contributed by atoms with van der Waals surface area (Å²) in [5, 5.41) is 0. The van der Waals surface area contributed by atoms with Gasteiger partial charge in [-0.1, -0.05) is 12.1 Å². The Labute approximate surface area is 163 Å². The van der Waals surface area contributed by atoms with E-state index in [-0.39, 0.29) is 11.9 Å². The summed E-state index contributed by atoms with van der Waals surface area (Å²) < 4.78 is 29.8.